The summed E-state index contributed by atoms with van der Waals surface area (Å²) in [7, 11) is 2.03. The lowest BCUT2D eigenvalue weighted by atomic mass is 10.0. The molecule has 1 atom stereocenters. The highest BCUT2D eigenvalue weighted by molar-refractivity contribution is 9.10. The van der Waals surface area contributed by atoms with E-state index in [0.717, 1.165) is 36.9 Å². The van der Waals surface area contributed by atoms with E-state index in [9.17, 15) is 0 Å². The van der Waals surface area contributed by atoms with Crippen LogP contribution in [-0.4, -0.2) is 26.3 Å². The van der Waals surface area contributed by atoms with Gasteiger partial charge in [0.15, 0.2) is 0 Å². The van der Waals surface area contributed by atoms with Gasteiger partial charge in [-0.3, -0.25) is 0 Å². The molecule has 96 valence electrons. The average molecular weight is 300 g/mol. The van der Waals surface area contributed by atoms with E-state index >= 15 is 0 Å². The average Bonchev–Trinajstić information content (AvgIpc) is 2.33. The van der Waals surface area contributed by atoms with Crippen LogP contribution in [0.25, 0.3) is 0 Å². The monoisotopic (exact) mass is 299 g/mol. The van der Waals surface area contributed by atoms with Gasteiger partial charge in [0.25, 0.3) is 0 Å². The van der Waals surface area contributed by atoms with Gasteiger partial charge in [-0.1, -0.05) is 28.1 Å². The van der Waals surface area contributed by atoms with Gasteiger partial charge >= 0.3 is 0 Å². The minimum atomic E-state index is 0.532. The van der Waals surface area contributed by atoms with Crippen molar-refractivity contribution in [3.63, 3.8) is 0 Å². The molecule has 0 heterocycles. The zero-order chi connectivity index (χ0) is 12.5. The molecule has 1 aromatic carbocycles. The lowest BCUT2D eigenvalue weighted by Gasteiger charge is -2.16. The summed E-state index contributed by atoms with van der Waals surface area (Å²) in [6.07, 6.45) is 3.35. The molecule has 0 saturated heterocycles. The summed E-state index contributed by atoms with van der Waals surface area (Å²) in [5.41, 5.74) is 1.37. The first kappa shape index (κ1) is 14.7. The summed E-state index contributed by atoms with van der Waals surface area (Å²) in [5.74, 6) is 0. The van der Waals surface area contributed by atoms with Crippen molar-refractivity contribution in [2.24, 2.45) is 0 Å². The standard InChI is InChI=1S/C14H22BrNO/c1-3-17-9-5-8-14(16-2)11-12-6-4-7-13(15)10-12/h4,6-7,10,14,16H,3,5,8-9,11H2,1-2H3. The highest BCUT2D eigenvalue weighted by Gasteiger charge is 2.07. The third kappa shape index (κ3) is 6.20. The number of likely N-dealkylation sites (N-methyl/N-ethyl adjacent to an activating group) is 1. The maximum atomic E-state index is 5.36. The van der Waals surface area contributed by atoms with E-state index in [1.54, 1.807) is 0 Å². The van der Waals surface area contributed by atoms with Crippen LogP contribution >= 0.6 is 15.9 Å². The largest absolute Gasteiger partial charge is 0.382 e. The van der Waals surface area contributed by atoms with Crippen molar-refractivity contribution in [3.8, 4) is 0 Å². The van der Waals surface area contributed by atoms with Crippen LogP contribution in [0.5, 0.6) is 0 Å². The third-order valence-electron chi connectivity index (χ3n) is 2.82. The maximum Gasteiger partial charge on any atom is 0.0466 e. The highest BCUT2D eigenvalue weighted by atomic mass is 79.9. The molecule has 2 nitrogen and oxygen atoms in total. The maximum absolute atomic E-state index is 5.36. The Labute approximate surface area is 113 Å². The zero-order valence-corrected chi connectivity index (χ0v) is 12.3. The van der Waals surface area contributed by atoms with Gasteiger partial charge in [-0.05, 0) is 50.9 Å². The quantitative estimate of drug-likeness (QED) is 0.743. The Morgan fingerprint density at radius 3 is 2.88 bits per heavy atom. The van der Waals surface area contributed by atoms with Crippen molar-refractivity contribution in [1.82, 2.24) is 5.32 Å². The van der Waals surface area contributed by atoms with Crippen molar-refractivity contribution >= 4 is 15.9 Å². The van der Waals surface area contributed by atoms with Crippen molar-refractivity contribution in [2.45, 2.75) is 32.2 Å². The summed E-state index contributed by atoms with van der Waals surface area (Å²) in [5, 5.41) is 3.38. The fourth-order valence-corrected chi connectivity index (χ4v) is 2.32. The van der Waals surface area contributed by atoms with Gasteiger partial charge in [-0.2, -0.15) is 0 Å². The van der Waals surface area contributed by atoms with Crippen LogP contribution in [-0.2, 0) is 11.2 Å². The van der Waals surface area contributed by atoms with Gasteiger partial charge in [0, 0.05) is 23.7 Å². The Kier molecular flexibility index (Phi) is 7.49. The Morgan fingerprint density at radius 2 is 2.24 bits per heavy atom. The second kappa shape index (κ2) is 8.67. The van der Waals surface area contributed by atoms with E-state index in [1.807, 2.05) is 14.0 Å². The van der Waals surface area contributed by atoms with Gasteiger partial charge in [-0.15, -0.1) is 0 Å². The third-order valence-corrected chi connectivity index (χ3v) is 3.32. The molecule has 1 N–H and O–H groups in total. The Hall–Kier alpha value is -0.380. The van der Waals surface area contributed by atoms with Crippen LogP contribution in [0.1, 0.15) is 25.3 Å². The molecule has 0 aliphatic rings. The predicted octanol–water partition coefficient (Wildman–Crippen LogP) is 3.40. The molecule has 0 radical (unpaired) electrons. The van der Waals surface area contributed by atoms with Crippen LogP contribution in [0.15, 0.2) is 28.7 Å². The van der Waals surface area contributed by atoms with E-state index in [-0.39, 0.29) is 0 Å². The molecule has 3 heteroatoms. The lowest BCUT2D eigenvalue weighted by Crippen LogP contribution is -2.27. The van der Waals surface area contributed by atoms with E-state index in [1.165, 1.54) is 5.56 Å². The first-order valence-electron chi connectivity index (χ1n) is 6.25. The predicted molar refractivity (Wildman–Crippen MR) is 76.4 cm³/mol. The minimum Gasteiger partial charge on any atom is -0.382 e. The smallest absolute Gasteiger partial charge is 0.0466 e. The molecule has 0 bridgehead atoms. The molecule has 0 spiro atoms. The Balaban J connectivity index is 2.35. The molecule has 0 fully saturated rings. The number of benzene rings is 1. The number of rotatable bonds is 8. The summed E-state index contributed by atoms with van der Waals surface area (Å²) >= 11 is 3.51. The topological polar surface area (TPSA) is 21.3 Å². The summed E-state index contributed by atoms with van der Waals surface area (Å²) in [6.45, 7) is 3.72. The SMILES string of the molecule is CCOCCCC(Cc1cccc(Br)c1)NC. The highest BCUT2D eigenvalue weighted by Crippen LogP contribution is 2.14. The van der Waals surface area contributed by atoms with Gasteiger partial charge < -0.3 is 10.1 Å². The molecule has 17 heavy (non-hydrogen) atoms. The molecule has 0 aliphatic heterocycles. The number of halogens is 1. The molecule has 1 unspecified atom stereocenters. The van der Waals surface area contributed by atoms with E-state index in [0.29, 0.717) is 6.04 Å². The Morgan fingerprint density at radius 1 is 1.41 bits per heavy atom. The van der Waals surface area contributed by atoms with Crippen LogP contribution in [0, 0.1) is 0 Å². The van der Waals surface area contributed by atoms with Gasteiger partial charge in [0.2, 0.25) is 0 Å². The lowest BCUT2D eigenvalue weighted by molar-refractivity contribution is 0.141. The van der Waals surface area contributed by atoms with Crippen LogP contribution < -0.4 is 5.32 Å². The van der Waals surface area contributed by atoms with E-state index < -0.39 is 0 Å². The number of hydrogen-bond acceptors (Lipinski definition) is 2. The summed E-state index contributed by atoms with van der Waals surface area (Å²) in [4.78, 5) is 0. The molecule has 1 rings (SSSR count). The van der Waals surface area contributed by atoms with Crippen molar-refractivity contribution in [3.05, 3.63) is 34.3 Å². The zero-order valence-electron chi connectivity index (χ0n) is 10.7. The molecule has 0 aliphatic carbocycles. The van der Waals surface area contributed by atoms with Gasteiger partial charge in [0.05, 0.1) is 0 Å². The number of nitrogens with one attached hydrogen (secondary N) is 1. The number of ether oxygens (including phenoxy) is 1. The molecule has 0 amide bonds. The molecular formula is C14H22BrNO. The first-order chi connectivity index (χ1) is 8.26. The van der Waals surface area contributed by atoms with Crippen LogP contribution in [0.3, 0.4) is 0 Å². The summed E-state index contributed by atoms with van der Waals surface area (Å²) in [6, 6.07) is 9.05. The van der Waals surface area contributed by atoms with Crippen molar-refractivity contribution < 1.29 is 4.74 Å². The van der Waals surface area contributed by atoms with Crippen LogP contribution in [0.2, 0.25) is 0 Å². The van der Waals surface area contributed by atoms with Crippen LogP contribution in [0.4, 0.5) is 0 Å². The molecule has 0 saturated carbocycles. The fraction of sp³-hybridized carbons (Fsp3) is 0.571. The van der Waals surface area contributed by atoms with Crippen molar-refractivity contribution in [2.75, 3.05) is 20.3 Å². The van der Waals surface area contributed by atoms with Crippen molar-refractivity contribution in [1.29, 1.82) is 0 Å². The second-order valence-corrected chi connectivity index (χ2v) is 5.07. The second-order valence-electron chi connectivity index (χ2n) is 4.16. The van der Waals surface area contributed by atoms with E-state index in [2.05, 4.69) is 45.5 Å². The van der Waals surface area contributed by atoms with Gasteiger partial charge in [0.1, 0.15) is 0 Å². The summed E-state index contributed by atoms with van der Waals surface area (Å²) < 4.78 is 6.51. The van der Waals surface area contributed by atoms with E-state index in [4.69, 9.17) is 4.74 Å². The molecule has 1 aromatic rings. The molecular weight excluding hydrogens is 278 g/mol. The normalized spacial score (nSPS) is 12.6. The van der Waals surface area contributed by atoms with Gasteiger partial charge in [-0.25, -0.2) is 0 Å². The number of hydrogen-bond donors (Lipinski definition) is 1. The fourth-order valence-electron chi connectivity index (χ4n) is 1.87. The first-order valence-corrected chi connectivity index (χ1v) is 7.05. The minimum absolute atomic E-state index is 0.532. The Bertz CT molecular complexity index is 317. The molecule has 0 aromatic heterocycles.